The van der Waals surface area contributed by atoms with E-state index in [1.165, 1.54) is 6.07 Å². The summed E-state index contributed by atoms with van der Waals surface area (Å²) in [5.41, 5.74) is -0.153. The van der Waals surface area contributed by atoms with Crippen LogP contribution in [0.3, 0.4) is 0 Å². The third kappa shape index (κ3) is 7.06. The summed E-state index contributed by atoms with van der Waals surface area (Å²) >= 11 is 0. The Hall–Kier alpha value is -1.89. The number of halogens is 4. The maximum atomic E-state index is 13.0. The first kappa shape index (κ1) is 25.4. The Morgan fingerprint density at radius 3 is 2.74 bits per heavy atom. The van der Waals surface area contributed by atoms with Crippen molar-refractivity contribution in [2.45, 2.75) is 51.6 Å². The number of nitrogens with zero attached hydrogens (tertiary/aromatic N) is 4. The second-order valence-electron chi connectivity index (χ2n) is 7.39. The molecule has 0 spiro atoms. The Balaban J connectivity index is 0.00000341. The van der Waals surface area contributed by atoms with E-state index in [-0.39, 0.29) is 42.7 Å². The summed E-state index contributed by atoms with van der Waals surface area (Å²) in [6.45, 7) is 5.24. The molecule has 0 saturated carbocycles. The highest BCUT2D eigenvalue weighted by Gasteiger charge is 2.30. The molecule has 2 unspecified atom stereocenters. The van der Waals surface area contributed by atoms with Crippen molar-refractivity contribution in [2.24, 2.45) is 12.0 Å². The summed E-state index contributed by atoms with van der Waals surface area (Å²) in [6.07, 6.45) is -2.30. The lowest BCUT2D eigenvalue weighted by Crippen LogP contribution is -2.42. The molecule has 0 amide bonds. The van der Waals surface area contributed by atoms with Crippen LogP contribution in [0, 0.1) is 6.92 Å². The Labute approximate surface area is 196 Å². The van der Waals surface area contributed by atoms with E-state index < -0.39 is 11.7 Å². The molecule has 2 aromatic rings. The quantitative estimate of drug-likeness (QED) is 0.325. The van der Waals surface area contributed by atoms with Crippen molar-refractivity contribution in [3.05, 3.63) is 47.0 Å². The number of aliphatic imine (C=N–C) groups is 1. The Morgan fingerprint density at radius 2 is 2.13 bits per heavy atom. The van der Waals surface area contributed by atoms with Crippen molar-refractivity contribution < 1.29 is 17.9 Å². The summed E-state index contributed by atoms with van der Waals surface area (Å²) in [5, 5.41) is 14.6. The number of alkyl halides is 3. The summed E-state index contributed by atoms with van der Waals surface area (Å²) < 4.78 is 46.6. The van der Waals surface area contributed by atoms with Crippen LogP contribution in [-0.4, -0.2) is 40.0 Å². The fourth-order valence-electron chi connectivity index (χ4n) is 3.18. The van der Waals surface area contributed by atoms with Gasteiger partial charge in [-0.1, -0.05) is 12.1 Å². The van der Waals surface area contributed by atoms with Crippen LogP contribution in [0.4, 0.5) is 13.2 Å². The Kier molecular flexibility index (Phi) is 9.10. The molecular formula is C20H28F3IN6O. The molecule has 1 aromatic heterocycles. The van der Waals surface area contributed by atoms with Crippen LogP contribution < -0.4 is 10.6 Å². The van der Waals surface area contributed by atoms with Gasteiger partial charge in [-0.15, -0.1) is 34.2 Å². The smallest absolute Gasteiger partial charge is 0.376 e. The van der Waals surface area contributed by atoms with Crippen LogP contribution in [0.15, 0.2) is 29.3 Å². The van der Waals surface area contributed by atoms with Gasteiger partial charge in [0.05, 0.1) is 17.7 Å². The lowest BCUT2D eigenvalue weighted by atomic mass is 10.1. The van der Waals surface area contributed by atoms with E-state index in [2.05, 4.69) is 25.8 Å². The molecule has 1 fully saturated rings. The molecule has 0 radical (unpaired) electrons. The molecule has 1 aliphatic rings. The first-order chi connectivity index (χ1) is 14.2. The van der Waals surface area contributed by atoms with Crippen molar-refractivity contribution in [2.75, 3.05) is 13.2 Å². The zero-order chi connectivity index (χ0) is 21.7. The third-order valence-electron chi connectivity index (χ3n) is 5.15. The van der Waals surface area contributed by atoms with Gasteiger partial charge in [0.2, 0.25) is 0 Å². The number of rotatable bonds is 6. The number of hydrogen-bond donors (Lipinski definition) is 2. The number of ether oxygens (including phenoxy) is 1. The predicted molar refractivity (Wildman–Crippen MR) is 122 cm³/mol. The summed E-state index contributed by atoms with van der Waals surface area (Å²) in [4.78, 5) is 4.56. The van der Waals surface area contributed by atoms with Gasteiger partial charge in [-0.3, -0.25) is 0 Å². The van der Waals surface area contributed by atoms with E-state index in [1.807, 2.05) is 18.5 Å². The third-order valence-corrected chi connectivity index (χ3v) is 5.15. The van der Waals surface area contributed by atoms with E-state index in [0.29, 0.717) is 23.9 Å². The van der Waals surface area contributed by atoms with Gasteiger partial charge in [0.1, 0.15) is 12.4 Å². The van der Waals surface area contributed by atoms with E-state index in [0.717, 1.165) is 37.4 Å². The van der Waals surface area contributed by atoms with Crippen molar-refractivity contribution in [3.63, 3.8) is 0 Å². The highest BCUT2D eigenvalue weighted by atomic mass is 127. The predicted octanol–water partition coefficient (Wildman–Crippen LogP) is 3.74. The zero-order valence-electron chi connectivity index (χ0n) is 17.7. The number of guanidine groups is 1. The highest BCUT2D eigenvalue weighted by Crippen LogP contribution is 2.30. The maximum absolute atomic E-state index is 13.0. The maximum Gasteiger partial charge on any atom is 0.416 e. The van der Waals surface area contributed by atoms with Crippen LogP contribution in [-0.2, 0) is 24.5 Å². The molecular weight excluding hydrogens is 524 g/mol. The molecule has 0 aliphatic carbocycles. The van der Waals surface area contributed by atoms with Gasteiger partial charge in [0, 0.05) is 20.2 Å². The second kappa shape index (κ2) is 11.1. The molecule has 31 heavy (non-hydrogen) atoms. The molecule has 2 heterocycles. The van der Waals surface area contributed by atoms with E-state index >= 15 is 0 Å². The number of hydrogen-bond acceptors (Lipinski definition) is 4. The standard InChI is InChI=1S/C20H27F3N6O.HI/c1-13(15-6-4-7-16(10-15)20(21,22)23)26-19(24-11-17-8-5-9-30-17)25-12-18-28-27-14(2)29(18)3;/h4,6-7,10,13,17H,5,8-9,11-12H2,1-3H3,(H2,24,25,26);1H. The van der Waals surface area contributed by atoms with Crippen molar-refractivity contribution in [1.29, 1.82) is 0 Å². The van der Waals surface area contributed by atoms with Crippen LogP contribution >= 0.6 is 24.0 Å². The lowest BCUT2D eigenvalue weighted by Gasteiger charge is -2.21. The molecule has 172 valence electrons. The number of aryl methyl sites for hydroxylation is 1. The average molecular weight is 552 g/mol. The van der Waals surface area contributed by atoms with Gasteiger partial charge in [-0.25, -0.2) is 4.99 Å². The number of aromatic nitrogens is 3. The average Bonchev–Trinajstić information content (AvgIpc) is 3.34. The molecule has 3 rings (SSSR count). The normalized spacial score (nSPS) is 17.9. The van der Waals surface area contributed by atoms with Gasteiger partial charge in [0.15, 0.2) is 11.8 Å². The monoisotopic (exact) mass is 552 g/mol. The minimum absolute atomic E-state index is 0. The largest absolute Gasteiger partial charge is 0.416 e. The number of nitrogens with one attached hydrogen (secondary N) is 2. The highest BCUT2D eigenvalue weighted by molar-refractivity contribution is 14.0. The van der Waals surface area contributed by atoms with E-state index in [4.69, 9.17) is 4.74 Å². The van der Waals surface area contributed by atoms with E-state index in [1.54, 1.807) is 13.0 Å². The summed E-state index contributed by atoms with van der Waals surface area (Å²) in [5.74, 6) is 1.95. The number of benzene rings is 1. The molecule has 7 nitrogen and oxygen atoms in total. The first-order valence-corrected chi connectivity index (χ1v) is 9.92. The SMILES string of the molecule is Cc1nnc(CN=C(NCC2CCCO2)NC(C)c2cccc(C(F)(F)F)c2)n1C.I. The summed E-state index contributed by atoms with van der Waals surface area (Å²) in [7, 11) is 1.86. The fraction of sp³-hybridized carbons (Fsp3) is 0.550. The van der Waals surface area contributed by atoms with Crippen molar-refractivity contribution in [3.8, 4) is 0 Å². The Morgan fingerprint density at radius 1 is 1.35 bits per heavy atom. The van der Waals surface area contributed by atoms with Crippen LogP contribution in [0.5, 0.6) is 0 Å². The van der Waals surface area contributed by atoms with Crippen LogP contribution in [0.2, 0.25) is 0 Å². The van der Waals surface area contributed by atoms with Crippen LogP contribution in [0.25, 0.3) is 0 Å². The van der Waals surface area contributed by atoms with Crippen LogP contribution in [0.1, 0.15) is 48.6 Å². The molecule has 1 aromatic carbocycles. The fourth-order valence-corrected chi connectivity index (χ4v) is 3.18. The van der Waals surface area contributed by atoms with Gasteiger partial charge < -0.3 is 19.9 Å². The first-order valence-electron chi connectivity index (χ1n) is 9.92. The second-order valence-corrected chi connectivity index (χ2v) is 7.39. The van der Waals surface area contributed by atoms with Gasteiger partial charge in [0.25, 0.3) is 0 Å². The molecule has 2 atom stereocenters. The van der Waals surface area contributed by atoms with Gasteiger partial charge in [-0.05, 0) is 44.4 Å². The summed E-state index contributed by atoms with van der Waals surface area (Å²) in [6, 6.07) is 4.91. The molecule has 11 heteroatoms. The van der Waals surface area contributed by atoms with Crippen molar-refractivity contribution in [1.82, 2.24) is 25.4 Å². The molecule has 1 saturated heterocycles. The minimum atomic E-state index is -4.38. The molecule has 2 N–H and O–H groups in total. The molecule has 0 bridgehead atoms. The lowest BCUT2D eigenvalue weighted by molar-refractivity contribution is -0.137. The zero-order valence-corrected chi connectivity index (χ0v) is 20.1. The van der Waals surface area contributed by atoms with Gasteiger partial charge >= 0.3 is 6.18 Å². The topological polar surface area (TPSA) is 76.4 Å². The van der Waals surface area contributed by atoms with Crippen molar-refractivity contribution >= 4 is 29.9 Å². The van der Waals surface area contributed by atoms with E-state index in [9.17, 15) is 13.2 Å². The van der Waals surface area contributed by atoms with Gasteiger partial charge in [-0.2, -0.15) is 13.2 Å². The molecule has 1 aliphatic heterocycles. The Bertz CT molecular complexity index is 880. The minimum Gasteiger partial charge on any atom is -0.376 e.